The van der Waals surface area contributed by atoms with Crippen LogP contribution in [0.1, 0.15) is 17.3 Å². The number of carbonyl (C=O) groups excluding carboxylic acids is 1. The van der Waals surface area contributed by atoms with Crippen LogP contribution in [-0.2, 0) is 4.74 Å². The number of benzene rings is 1. The van der Waals surface area contributed by atoms with Crippen LogP contribution in [0.25, 0.3) is 0 Å². The number of carbonyl (C=O) groups is 1. The van der Waals surface area contributed by atoms with Gasteiger partial charge in [0, 0.05) is 0 Å². The van der Waals surface area contributed by atoms with E-state index in [1.54, 1.807) is 0 Å². The summed E-state index contributed by atoms with van der Waals surface area (Å²) in [5.41, 5.74) is -2.11. The van der Waals surface area contributed by atoms with Gasteiger partial charge in [-0.05, 0) is 13.0 Å². The van der Waals surface area contributed by atoms with Crippen LogP contribution >= 0.6 is 0 Å². The molecular weight excluding hydrogens is 266 g/mol. The van der Waals surface area contributed by atoms with Crippen molar-refractivity contribution in [3.05, 3.63) is 29.6 Å². The van der Waals surface area contributed by atoms with Crippen LogP contribution < -0.4 is 56.8 Å². The molecule has 8 heteroatoms. The molecule has 0 N–H and O–H groups in total. The topological polar surface area (TPSA) is 26.3 Å². The third-order valence-electron chi connectivity index (χ3n) is 1.88. The van der Waals surface area contributed by atoms with Gasteiger partial charge in [-0.1, -0.05) is 17.6 Å². The van der Waals surface area contributed by atoms with Gasteiger partial charge < -0.3 is 17.7 Å². The molecule has 0 aliphatic carbocycles. The Hall–Kier alpha value is 0.111. The maximum Gasteiger partial charge on any atom is 1.00 e. The van der Waals surface area contributed by atoms with E-state index in [9.17, 15) is 22.1 Å². The summed E-state index contributed by atoms with van der Waals surface area (Å²) in [6.07, 6.45) is 0. The van der Waals surface area contributed by atoms with Crippen LogP contribution in [0.5, 0.6) is 0 Å². The molecule has 1 aromatic rings. The molecule has 1 rings (SSSR count). The van der Waals surface area contributed by atoms with E-state index in [4.69, 9.17) is 0 Å². The van der Waals surface area contributed by atoms with Gasteiger partial charge in [-0.25, -0.2) is 9.18 Å². The first-order valence-electron chi connectivity index (χ1n) is 4.53. The van der Waals surface area contributed by atoms with E-state index >= 15 is 0 Å². The Bertz CT molecular complexity index is 408. The number of ether oxygens (including phenoxy) is 1. The maximum atomic E-state index is 13.3. The summed E-state index contributed by atoms with van der Waals surface area (Å²) in [5, 5.41) is 0. The number of hydrogen-bond donors (Lipinski definition) is 0. The molecule has 0 aliphatic heterocycles. The largest absolute Gasteiger partial charge is 1.00 e. The molecule has 0 heterocycles. The van der Waals surface area contributed by atoms with Crippen molar-refractivity contribution >= 4 is 18.4 Å². The van der Waals surface area contributed by atoms with Gasteiger partial charge in [0.2, 0.25) is 0 Å². The Kier molecular flexibility index (Phi) is 6.93. The van der Waals surface area contributed by atoms with Crippen molar-refractivity contribution in [1.82, 2.24) is 0 Å². The van der Waals surface area contributed by atoms with Crippen molar-refractivity contribution in [2.45, 2.75) is 6.92 Å². The van der Waals surface area contributed by atoms with E-state index in [-0.39, 0.29) is 58.0 Å². The van der Waals surface area contributed by atoms with E-state index in [1.807, 2.05) is 0 Å². The average Bonchev–Trinajstić information content (AvgIpc) is 2.16. The molecule has 1 aromatic carbocycles. The number of halogens is 4. The second kappa shape index (κ2) is 6.89. The summed E-state index contributed by atoms with van der Waals surface area (Å²) in [7, 11) is 0. The zero-order chi connectivity index (χ0) is 12.3. The van der Waals surface area contributed by atoms with Gasteiger partial charge in [0.15, 0.2) is 0 Å². The first-order valence-corrected chi connectivity index (χ1v) is 4.53. The van der Waals surface area contributed by atoms with Crippen molar-refractivity contribution in [3.63, 3.8) is 0 Å². The number of rotatable bonds is 3. The number of esters is 1. The van der Waals surface area contributed by atoms with Gasteiger partial charge >= 0.3 is 64.3 Å². The van der Waals surface area contributed by atoms with Gasteiger partial charge in [0.1, 0.15) is 5.82 Å². The summed E-state index contributed by atoms with van der Waals surface area (Å²) in [4.78, 5) is 11.1. The minimum atomic E-state index is -5.47. The Labute approximate surface area is 138 Å². The van der Waals surface area contributed by atoms with Gasteiger partial charge in [-0.15, -0.1) is 0 Å². The fraction of sp³-hybridized carbons (Fsp3) is 0.222. The molecule has 88 valence electrons. The van der Waals surface area contributed by atoms with Crippen LogP contribution in [0.2, 0.25) is 0 Å². The SMILES string of the molecule is CCOC(=O)c1cccc([B-](F)(F)F)c1F.[K+]. The quantitative estimate of drug-likeness (QED) is 0.404. The summed E-state index contributed by atoms with van der Waals surface area (Å²) >= 11 is 0. The van der Waals surface area contributed by atoms with Crippen LogP contribution in [0.3, 0.4) is 0 Å². The molecule has 0 amide bonds. The maximum absolute atomic E-state index is 13.3. The second-order valence-corrected chi connectivity index (χ2v) is 3.00. The van der Waals surface area contributed by atoms with E-state index < -0.39 is 29.8 Å². The van der Waals surface area contributed by atoms with E-state index in [1.165, 1.54) is 6.92 Å². The zero-order valence-electron chi connectivity index (χ0n) is 9.34. The summed E-state index contributed by atoms with van der Waals surface area (Å²) < 4.78 is 54.8. The minimum Gasteiger partial charge on any atom is -0.462 e. The predicted octanol–water partition coefficient (Wildman–Crippen LogP) is -0.939. The molecule has 0 bridgehead atoms. The molecule has 0 aliphatic rings. The monoisotopic (exact) mass is 274 g/mol. The first-order chi connectivity index (χ1) is 7.38. The Morgan fingerprint density at radius 3 is 2.41 bits per heavy atom. The smallest absolute Gasteiger partial charge is 0.462 e. The van der Waals surface area contributed by atoms with Crippen LogP contribution in [0, 0.1) is 5.82 Å². The van der Waals surface area contributed by atoms with E-state index in [2.05, 4.69) is 4.74 Å². The Balaban J connectivity index is 0.00000256. The van der Waals surface area contributed by atoms with Gasteiger partial charge in [0.25, 0.3) is 0 Å². The van der Waals surface area contributed by atoms with Crippen LogP contribution in [0.15, 0.2) is 18.2 Å². The van der Waals surface area contributed by atoms with Crippen molar-refractivity contribution in [1.29, 1.82) is 0 Å². The molecular formula is C9H8BF4KO2. The molecule has 0 saturated heterocycles. The van der Waals surface area contributed by atoms with Crippen molar-refractivity contribution in [2.24, 2.45) is 0 Å². The molecule has 0 atom stereocenters. The average molecular weight is 274 g/mol. The predicted molar refractivity (Wildman–Crippen MR) is 51.1 cm³/mol. The number of hydrogen-bond acceptors (Lipinski definition) is 2. The van der Waals surface area contributed by atoms with Crippen molar-refractivity contribution in [2.75, 3.05) is 6.61 Å². The van der Waals surface area contributed by atoms with Gasteiger partial charge in [-0.2, -0.15) is 0 Å². The summed E-state index contributed by atoms with van der Waals surface area (Å²) in [6.45, 7) is -4.02. The van der Waals surface area contributed by atoms with E-state index in [0.29, 0.717) is 6.07 Å². The Morgan fingerprint density at radius 2 is 1.94 bits per heavy atom. The fourth-order valence-corrected chi connectivity index (χ4v) is 1.17. The standard InChI is InChI=1S/C9H8BF4O2.K/c1-2-16-9(15)6-4-3-5-7(8(6)11)10(12,13)14;/h3-5H,2H2,1H3;/q-1;+1. The van der Waals surface area contributed by atoms with Crippen molar-refractivity contribution in [3.8, 4) is 0 Å². The molecule has 0 radical (unpaired) electrons. The molecule has 0 unspecified atom stereocenters. The fourth-order valence-electron chi connectivity index (χ4n) is 1.17. The minimum absolute atomic E-state index is 0. The van der Waals surface area contributed by atoms with Crippen LogP contribution in [0.4, 0.5) is 17.3 Å². The molecule has 2 nitrogen and oxygen atoms in total. The summed E-state index contributed by atoms with van der Waals surface area (Å²) in [5.74, 6) is -2.67. The molecule has 0 spiro atoms. The van der Waals surface area contributed by atoms with Gasteiger partial charge in [-0.3, -0.25) is 0 Å². The van der Waals surface area contributed by atoms with E-state index in [0.717, 1.165) is 12.1 Å². The molecule has 0 fully saturated rings. The third kappa shape index (κ3) is 4.36. The molecule has 17 heavy (non-hydrogen) atoms. The second-order valence-electron chi connectivity index (χ2n) is 3.00. The zero-order valence-corrected chi connectivity index (χ0v) is 12.5. The van der Waals surface area contributed by atoms with Gasteiger partial charge in [0.05, 0.1) is 12.2 Å². The van der Waals surface area contributed by atoms with Crippen molar-refractivity contribution < 1.29 is 78.3 Å². The summed E-state index contributed by atoms with van der Waals surface area (Å²) in [6, 6.07) is 2.52. The first kappa shape index (κ1) is 17.1. The normalized spacial score (nSPS) is 10.6. The Morgan fingerprint density at radius 1 is 1.35 bits per heavy atom. The molecule has 0 aromatic heterocycles. The van der Waals surface area contributed by atoms with Crippen LogP contribution in [-0.4, -0.2) is 19.6 Å². The molecule has 0 saturated carbocycles. The third-order valence-corrected chi connectivity index (χ3v) is 1.88.